The van der Waals surface area contributed by atoms with Crippen molar-refractivity contribution < 1.29 is 23.8 Å². The number of carbonyl (C=O) groups is 2. The van der Waals surface area contributed by atoms with Gasteiger partial charge < -0.3 is 19.5 Å². The van der Waals surface area contributed by atoms with Gasteiger partial charge in [0.25, 0.3) is 11.8 Å². The first-order chi connectivity index (χ1) is 15.5. The minimum absolute atomic E-state index is 0.0112. The quantitative estimate of drug-likeness (QED) is 0.532. The van der Waals surface area contributed by atoms with Crippen LogP contribution in [0.2, 0.25) is 0 Å². The monoisotopic (exact) mass is 438 g/mol. The second-order valence-corrected chi connectivity index (χ2v) is 7.63. The molecule has 1 heterocycles. The number of hydrogen-bond donors (Lipinski definition) is 1. The molecule has 3 rings (SSSR count). The largest absolute Gasteiger partial charge is 0.495 e. The molecule has 2 aromatic carbocycles. The van der Waals surface area contributed by atoms with Crippen molar-refractivity contribution in [2.24, 2.45) is 0 Å². The molecule has 32 heavy (non-hydrogen) atoms. The third kappa shape index (κ3) is 5.29. The molecule has 0 unspecified atom stereocenters. The Bertz CT molecular complexity index is 982. The first kappa shape index (κ1) is 23.3. The van der Waals surface area contributed by atoms with Crippen LogP contribution in [0.1, 0.15) is 32.8 Å². The van der Waals surface area contributed by atoms with E-state index in [4.69, 9.17) is 14.2 Å². The number of imide groups is 1. The van der Waals surface area contributed by atoms with Crippen LogP contribution in [0.3, 0.4) is 0 Å². The minimum Gasteiger partial charge on any atom is -0.495 e. The maximum Gasteiger partial charge on any atom is 0.278 e. The fourth-order valence-electron chi connectivity index (χ4n) is 3.36. The second-order valence-electron chi connectivity index (χ2n) is 7.63. The van der Waals surface area contributed by atoms with E-state index in [1.54, 1.807) is 43.5 Å². The number of hydrogen-bond acceptors (Lipinski definition) is 6. The Hall–Kier alpha value is -3.32. The van der Waals surface area contributed by atoms with Crippen LogP contribution in [-0.4, -0.2) is 49.7 Å². The topological polar surface area (TPSA) is 77.1 Å². The fourth-order valence-corrected chi connectivity index (χ4v) is 3.36. The number of rotatable bonds is 11. The Kier molecular flexibility index (Phi) is 7.89. The van der Waals surface area contributed by atoms with Crippen LogP contribution in [0.4, 0.5) is 5.69 Å². The molecule has 0 saturated carbocycles. The zero-order valence-electron chi connectivity index (χ0n) is 19.0. The average molecular weight is 439 g/mol. The normalized spacial score (nSPS) is 13.8. The Balaban J connectivity index is 1.95. The Morgan fingerprint density at radius 2 is 1.69 bits per heavy atom. The summed E-state index contributed by atoms with van der Waals surface area (Å²) in [6.07, 6.45) is 0.914. The number of nitrogens with one attached hydrogen (secondary N) is 1. The van der Waals surface area contributed by atoms with E-state index >= 15 is 0 Å². The molecule has 0 fully saturated rings. The second kappa shape index (κ2) is 10.8. The van der Waals surface area contributed by atoms with E-state index in [0.717, 1.165) is 12.2 Å². The number of para-hydroxylation sites is 2. The number of benzene rings is 2. The lowest BCUT2D eigenvalue weighted by atomic mass is 10.0. The fraction of sp³-hybridized carbons (Fsp3) is 0.360. The molecule has 0 radical (unpaired) electrons. The third-order valence-electron chi connectivity index (χ3n) is 4.92. The number of carbonyl (C=O) groups excluding carboxylic acids is 2. The van der Waals surface area contributed by atoms with Gasteiger partial charge in [-0.15, -0.1) is 0 Å². The first-order valence-corrected chi connectivity index (χ1v) is 10.8. The summed E-state index contributed by atoms with van der Waals surface area (Å²) in [7, 11) is 1.56. The molecule has 1 aliphatic heterocycles. The zero-order chi connectivity index (χ0) is 23.1. The molecule has 0 aromatic heterocycles. The highest BCUT2D eigenvalue weighted by atomic mass is 16.5. The lowest BCUT2D eigenvalue weighted by Gasteiger charge is -2.16. The highest BCUT2D eigenvalue weighted by Crippen LogP contribution is 2.33. The van der Waals surface area contributed by atoms with Crippen molar-refractivity contribution in [1.82, 2.24) is 4.90 Å². The zero-order valence-corrected chi connectivity index (χ0v) is 19.0. The van der Waals surface area contributed by atoms with E-state index in [2.05, 4.69) is 5.32 Å². The Labute approximate surface area is 189 Å². The van der Waals surface area contributed by atoms with Gasteiger partial charge in [0, 0.05) is 0 Å². The van der Waals surface area contributed by atoms with E-state index in [0.29, 0.717) is 29.2 Å². The number of anilines is 1. The van der Waals surface area contributed by atoms with Gasteiger partial charge in [0.05, 0.1) is 44.2 Å². The van der Waals surface area contributed by atoms with Gasteiger partial charge in [0.1, 0.15) is 17.2 Å². The summed E-state index contributed by atoms with van der Waals surface area (Å²) in [6, 6.07) is 14.5. The smallest absolute Gasteiger partial charge is 0.278 e. The molecule has 2 aromatic rings. The molecule has 0 bridgehead atoms. The maximum atomic E-state index is 13.3. The van der Waals surface area contributed by atoms with Crippen molar-refractivity contribution >= 4 is 23.1 Å². The number of ether oxygens (including phenoxy) is 3. The molecule has 0 spiro atoms. The summed E-state index contributed by atoms with van der Waals surface area (Å²) < 4.78 is 16.6. The summed E-state index contributed by atoms with van der Waals surface area (Å²) in [5.74, 6) is 0.537. The van der Waals surface area contributed by atoms with Gasteiger partial charge in [-0.1, -0.05) is 31.2 Å². The highest BCUT2D eigenvalue weighted by molar-refractivity contribution is 6.36. The van der Waals surface area contributed by atoms with Gasteiger partial charge in [0.2, 0.25) is 0 Å². The van der Waals surface area contributed by atoms with Gasteiger partial charge in [-0.25, -0.2) is 0 Å². The van der Waals surface area contributed by atoms with Crippen LogP contribution < -0.4 is 14.8 Å². The predicted molar refractivity (Wildman–Crippen MR) is 124 cm³/mol. The van der Waals surface area contributed by atoms with E-state index < -0.39 is 5.91 Å². The number of amides is 2. The van der Waals surface area contributed by atoms with Crippen LogP contribution >= 0.6 is 0 Å². The molecule has 0 saturated heterocycles. The molecule has 0 atom stereocenters. The van der Waals surface area contributed by atoms with Crippen LogP contribution in [-0.2, 0) is 14.3 Å². The van der Waals surface area contributed by atoms with Gasteiger partial charge >= 0.3 is 0 Å². The molecule has 7 heteroatoms. The molecule has 2 amide bonds. The lowest BCUT2D eigenvalue weighted by molar-refractivity contribution is -0.137. The lowest BCUT2D eigenvalue weighted by Crippen LogP contribution is -2.35. The van der Waals surface area contributed by atoms with E-state index in [9.17, 15) is 9.59 Å². The van der Waals surface area contributed by atoms with Gasteiger partial charge in [-0.2, -0.15) is 0 Å². The van der Waals surface area contributed by atoms with Gasteiger partial charge in [-0.3, -0.25) is 14.5 Å². The van der Waals surface area contributed by atoms with Gasteiger partial charge in [-0.05, 0) is 50.1 Å². The molecule has 0 aliphatic carbocycles. The first-order valence-electron chi connectivity index (χ1n) is 10.8. The van der Waals surface area contributed by atoms with Crippen LogP contribution in [0.15, 0.2) is 54.2 Å². The van der Waals surface area contributed by atoms with E-state index in [-0.39, 0.29) is 30.9 Å². The Morgan fingerprint density at radius 1 is 0.969 bits per heavy atom. The van der Waals surface area contributed by atoms with Crippen LogP contribution in [0.25, 0.3) is 5.57 Å². The predicted octanol–water partition coefficient (Wildman–Crippen LogP) is 4.10. The van der Waals surface area contributed by atoms with Crippen molar-refractivity contribution in [1.29, 1.82) is 0 Å². The van der Waals surface area contributed by atoms with E-state index in [1.807, 2.05) is 32.9 Å². The summed E-state index contributed by atoms with van der Waals surface area (Å²) in [4.78, 5) is 27.8. The molecule has 1 aliphatic rings. The summed E-state index contributed by atoms with van der Waals surface area (Å²) >= 11 is 0. The van der Waals surface area contributed by atoms with Crippen molar-refractivity contribution in [2.75, 3.05) is 32.2 Å². The molecular formula is C25H30N2O5. The summed E-state index contributed by atoms with van der Waals surface area (Å²) in [5.41, 5.74) is 1.77. The van der Waals surface area contributed by atoms with Crippen molar-refractivity contribution in [2.45, 2.75) is 33.3 Å². The Morgan fingerprint density at radius 3 is 2.34 bits per heavy atom. The van der Waals surface area contributed by atoms with Gasteiger partial charge in [0.15, 0.2) is 0 Å². The third-order valence-corrected chi connectivity index (χ3v) is 4.92. The van der Waals surface area contributed by atoms with Crippen molar-refractivity contribution in [3.8, 4) is 11.5 Å². The standard InChI is InChI=1S/C25H30N2O5/c1-5-15-32-19-12-10-18(11-13-19)22-23(26-20-8-6-7-9-21(20)30-4)25(29)27(24(22)28)14-16-31-17(2)3/h6-13,17,26H,5,14-16H2,1-4H3. The number of methoxy groups -OCH3 is 1. The molecule has 1 N–H and O–H groups in total. The molecular weight excluding hydrogens is 408 g/mol. The number of nitrogens with zero attached hydrogens (tertiary/aromatic N) is 1. The SMILES string of the molecule is CCCOc1ccc(C2=C(Nc3ccccc3OC)C(=O)N(CCOC(C)C)C2=O)cc1. The molecule has 170 valence electrons. The van der Waals surface area contributed by atoms with Crippen molar-refractivity contribution in [3.05, 3.63) is 59.8 Å². The highest BCUT2D eigenvalue weighted by Gasteiger charge is 2.39. The molecule has 7 nitrogen and oxygen atoms in total. The maximum absolute atomic E-state index is 13.3. The minimum atomic E-state index is -0.394. The average Bonchev–Trinajstić information content (AvgIpc) is 3.02. The van der Waals surface area contributed by atoms with Crippen LogP contribution in [0.5, 0.6) is 11.5 Å². The summed E-state index contributed by atoms with van der Waals surface area (Å²) in [5, 5.41) is 3.14. The van der Waals surface area contributed by atoms with E-state index in [1.165, 1.54) is 4.90 Å². The van der Waals surface area contributed by atoms with Crippen LogP contribution in [0, 0.1) is 0 Å². The van der Waals surface area contributed by atoms with Crippen molar-refractivity contribution in [3.63, 3.8) is 0 Å². The summed E-state index contributed by atoms with van der Waals surface area (Å²) in [6.45, 7) is 6.92.